The molecule has 0 spiro atoms. The van der Waals surface area contributed by atoms with Crippen molar-refractivity contribution >= 4 is 15.9 Å². The first-order valence-electron chi connectivity index (χ1n) is 6.34. The fourth-order valence-corrected chi connectivity index (χ4v) is 2.39. The van der Waals surface area contributed by atoms with Gasteiger partial charge >= 0.3 is 0 Å². The first-order chi connectivity index (χ1) is 9.19. The topological polar surface area (TPSA) is 45.4 Å². The number of halogens is 1. The molecule has 0 amide bonds. The van der Waals surface area contributed by atoms with Gasteiger partial charge in [-0.25, -0.2) is 0 Å². The maximum atomic E-state index is 8.93. The fraction of sp³-hybridized carbons (Fsp3) is 0.333. The van der Waals surface area contributed by atoms with Gasteiger partial charge in [-0.15, -0.1) is 0 Å². The van der Waals surface area contributed by atoms with E-state index in [9.17, 15) is 0 Å². The van der Waals surface area contributed by atoms with Crippen LogP contribution in [0.3, 0.4) is 0 Å². The van der Waals surface area contributed by atoms with E-state index in [0.29, 0.717) is 18.3 Å². The van der Waals surface area contributed by atoms with E-state index in [-0.39, 0.29) is 6.61 Å². The Morgan fingerprint density at radius 1 is 1.21 bits per heavy atom. The van der Waals surface area contributed by atoms with Crippen LogP contribution in [0.4, 0.5) is 0 Å². The van der Waals surface area contributed by atoms with Gasteiger partial charge in [0.05, 0.1) is 6.54 Å². The van der Waals surface area contributed by atoms with Crippen LogP contribution >= 0.6 is 15.9 Å². The number of aliphatic hydroxyl groups excluding tert-OH is 1. The molecule has 1 atom stereocenters. The van der Waals surface area contributed by atoms with Gasteiger partial charge in [0, 0.05) is 10.5 Å². The molecule has 4 heteroatoms. The molecule has 3 nitrogen and oxygen atoms in total. The summed E-state index contributed by atoms with van der Waals surface area (Å²) in [5, 5.41) is 12.4. The molecule has 2 rings (SSSR count). The Bertz CT molecular complexity index is 524. The van der Waals surface area contributed by atoms with E-state index in [2.05, 4.69) is 40.3 Å². The lowest BCUT2D eigenvalue weighted by molar-refractivity contribution is 0.242. The van der Waals surface area contributed by atoms with E-state index < -0.39 is 0 Å². The van der Waals surface area contributed by atoms with Crippen molar-refractivity contribution in [1.29, 1.82) is 0 Å². The van der Waals surface area contributed by atoms with Gasteiger partial charge in [0.25, 0.3) is 0 Å². The smallest absolute Gasteiger partial charge is 0.129 e. The van der Waals surface area contributed by atoms with Gasteiger partial charge in [-0.05, 0) is 37.1 Å². The molecule has 1 aromatic heterocycles. The van der Waals surface area contributed by atoms with Crippen LogP contribution in [-0.2, 0) is 19.6 Å². The Morgan fingerprint density at radius 2 is 1.95 bits per heavy atom. The minimum Gasteiger partial charge on any atom is -0.462 e. The number of aliphatic hydroxyl groups is 1. The molecule has 0 unspecified atom stereocenters. The highest BCUT2D eigenvalue weighted by molar-refractivity contribution is 9.10. The Morgan fingerprint density at radius 3 is 2.63 bits per heavy atom. The van der Waals surface area contributed by atoms with Crippen molar-refractivity contribution in [1.82, 2.24) is 5.32 Å². The summed E-state index contributed by atoms with van der Waals surface area (Å²) < 4.78 is 6.58. The number of furan rings is 1. The molecule has 0 fully saturated rings. The molecule has 0 aliphatic heterocycles. The van der Waals surface area contributed by atoms with Crippen molar-refractivity contribution < 1.29 is 9.52 Å². The van der Waals surface area contributed by atoms with Gasteiger partial charge in [-0.1, -0.05) is 34.1 Å². The Labute approximate surface area is 121 Å². The molecule has 1 heterocycles. The third kappa shape index (κ3) is 4.20. The number of nitrogens with one attached hydrogen (secondary N) is 1. The van der Waals surface area contributed by atoms with Crippen LogP contribution in [0.15, 0.2) is 45.3 Å². The Hall–Kier alpha value is -1.10. The minimum absolute atomic E-state index is 0.0491. The van der Waals surface area contributed by atoms with E-state index in [1.807, 2.05) is 18.2 Å². The summed E-state index contributed by atoms with van der Waals surface area (Å²) >= 11 is 3.56. The standard InChI is InChI=1S/C15H18BrNO2/c1-11(8-12-4-2-3-5-15(12)16)17-9-13-6-7-14(10-18)19-13/h2-7,11,17-18H,8-10H2,1H3/t11-/m1/s1. The van der Waals surface area contributed by atoms with Gasteiger partial charge in [-0.3, -0.25) is 0 Å². The van der Waals surface area contributed by atoms with Crippen molar-refractivity contribution in [2.45, 2.75) is 32.5 Å². The molecule has 0 saturated carbocycles. The van der Waals surface area contributed by atoms with E-state index >= 15 is 0 Å². The number of benzene rings is 1. The SMILES string of the molecule is C[C@H](Cc1ccccc1Br)NCc1ccc(CO)o1. The third-order valence-electron chi connectivity index (χ3n) is 2.98. The zero-order valence-corrected chi connectivity index (χ0v) is 12.5. The molecule has 2 aromatic rings. The molecule has 102 valence electrons. The number of rotatable bonds is 6. The van der Waals surface area contributed by atoms with Crippen molar-refractivity contribution in [3.8, 4) is 0 Å². The lowest BCUT2D eigenvalue weighted by atomic mass is 10.1. The quantitative estimate of drug-likeness (QED) is 0.857. The summed E-state index contributed by atoms with van der Waals surface area (Å²) in [6.45, 7) is 2.77. The van der Waals surface area contributed by atoms with E-state index in [0.717, 1.165) is 16.7 Å². The van der Waals surface area contributed by atoms with Crippen LogP contribution in [0.25, 0.3) is 0 Å². The van der Waals surface area contributed by atoms with Crippen LogP contribution in [0.5, 0.6) is 0 Å². The second kappa shape index (κ2) is 6.89. The first-order valence-corrected chi connectivity index (χ1v) is 7.13. The summed E-state index contributed by atoms with van der Waals surface area (Å²) in [6.07, 6.45) is 0.953. The van der Waals surface area contributed by atoms with Crippen LogP contribution in [0.1, 0.15) is 24.0 Å². The van der Waals surface area contributed by atoms with E-state index in [1.165, 1.54) is 5.56 Å². The monoisotopic (exact) mass is 323 g/mol. The highest BCUT2D eigenvalue weighted by atomic mass is 79.9. The summed E-state index contributed by atoms with van der Waals surface area (Å²) in [4.78, 5) is 0. The van der Waals surface area contributed by atoms with Gasteiger partial charge in [0.15, 0.2) is 0 Å². The molecular formula is C15H18BrNO2. The summed E-state index contributed by atoms with van der Waals surface area (Å²) in [5.74, 6) is 1.46. The maximum absolute atomic E-state index is 8.93. The molecule has 0 radical (unpaired) electrons. The largest absolute Gasteiger partial charge is 0.462 e. The van der Waals surface area contributed by atoms with Gasteiger partial charge < -0.3 is 14.8 Å². The highest BCUT2D eigenvalue weighted by Crippen LogP contribution is 2.17. The van der Waals surface area contributed by atoms with Crippen LogP contribution in [0.2, 0.25) is 0 Å². The van der Waals surface area contributed by atoms with Gasteiger partial charge in [0.2, 0.25) is 0 Å². The fourth-order valence-electron chi connectivity index (χ4n) is 1.94. The van der Waals surface area contributed by atoms with Gasteiger partial charge in [-0.2, -0.15) is 0 Å². The average Bonchev–Trinajstić information content (AvgIpc) is 2.87. The predicted octanol–water partition coefficient (Wildman–Crippen LogP) is 3.26. The van der Waals surface area contributed by atoms with Gasteiger partial charge in [0.1, 0.15) is 18.1 Å². The summed E-state index contributed by atoms with van der Waals surface area (Å²) in [6, 6.07) is 12.3. The zero-order valence-electron chi connectivity index (χ0n) is 10.9. The predicted molar refractivity (Wildman–Crippen MR) is 78.8 cm³/mol. The molecule has 0 aliphatic rings. The van der Waals surface area contributed by atoms with Crippen LogP contribution < -0.4 is 5.32 Å². The van der Waals surface area contributed by atoms with Crippen molar-refractivity contribution in [3.63, 3.8) is 0 Å². The third-order valence-corrected chi connectivity index (χ3v) is 3.76. The van der Waals surface area contributed by atoms with E-state index in [1.54, 1.807) is 6.07 Å². The second-order valence-electron chi connectivity index (χ2n) is 4.60. The Kier molecular flexibility index (Phi) is 5.19. The van der Waals surface area contributed by atoms with Crippen LogP contribution in [-0.4, -0.2) is 11.1 Å². The average molecular weight is 324 g/mol. The normalized spacial score (nSPS) is 12.6. The summed E-state index contributed by atoms with van der Waals surface area (Å²) in [7, 11) is 0. The second-order valence-corrected chi connectivity index (χ2v) is 5.46. The zero-order chi connectivity index (χ0) is 13.7. The maximum Gasteiger partial charge on any atom is 0.129 e. The summed E-state index contributed by atoms with van der Waals surface area (Å²) in [5.41, 5.74) is 1.29. The van der Waals surface area contributed by atoms with E-state index in [4.69, 9.17) is 9.52 Å². The number of hydrogen-bond donors (Lipinski definition) is 2. The lowest BCUT2D eigenvalue weighted by Gasteiger charge is -2.14. The molecular weight excluding hydrogens is 306 g/mol. The lowest BCUT2D eigenvalue weighted by Crippen LogP contribution is -2.27. The molecule has 0 aliphatic carbocycles. The molecule has 0 bridgehead atoms. The molecule has 1 aromatic carbocycles. The molecule has 19 heavy (non-hydrogen) atoms. The molecule has 2 N–H and O–H groups in total. The molecule has 0 saturated heterocycles. The highest BCUT2D eigenvalue weighted by Gasteiger charge is 2.07. The van der Waals surface area contributed by atoms with Crippen molar-refractivity contribution in [3.05, 3.63) is 58.0 Å². The van der Waals surface area contributed by atoms with Crippen molar-refractivity contribution in [2.75, 3.05) is 0 Å². The first kappa shape index (κ1) is 14.3. The minimum atomic E-state index is -0.0491. The Balaban J connectivity index is 1.84. The van der Waals surface area contributed by atoms with Crippen molar-refractivity contribution in [2.24, 2.45) is 0 Å². The van der Waals surface area contributed by atoms with Crippen LogP contribution in [0, 0.1) is 0 Å². The number of hydrogen-bond acceptors (Lipinski definition) is 3.